The molecule has 3 nitrogen and oxygen atoms in total. The first kappa shape index (κ1) is 18.5. The Bertz CT molecular complexity index is 879. The summed E-state index contributed by atoms with van der Waals surface area (Å²) in [5.41, 5.74) is 4.32. The topological polar surface area (TPSA) is 46.5 Å². The van der Waals surface area contributed by atoms with Crippen molar-refractivity contribution >= 4 is 17.3 Å². The molecule has 1 aromatic carbocycles. The van der Waals surface area contributed by atoms with Gasteiger partial charge in [0.25, 0.3) is 0 Å². The molecule has 3 rings (SSSR count). The van der Waals surface area contributed by atoms with Crippen molar-refractivity contribution in [3.8, 4) is 17.6 Å². The van der Waals surface area contributed by atoms with Crippen molar-refractivity contribution in [1.29, 1.82) is 0 Å². The van der Waals surface area contributed by atoms with Gasteiger partial charge in [0.15, 0.2) is 0 Å². The van der Waals surface area contributed by atoms with Crippen molar-refractivity contribution in [3.63, 3.8) is 0 Å². The Balaban J connectivity index is 2.01. The van der Waals surface area contributed by atoms with Crippen LogP contribution in [-0.2, 0) is 16.6 Å². The third kappa shape index (κ3) is 3.50. The predicted octanol–water partition coefficient (Wildman–Crippen LogP) is 4.92. The summed E-state index contributed by atoms with van der Waals surface area (Å²) in [5.74, 6) is 6.62. The van der Waals surface area contributed by atoms with E-state index >= 15 is 0 Å². The molecule has 1 aliphatic rings. The van der Waals surface area contributed by atoms with Crippen molar-refractivity contribution in [3.05, 3.63) is 50.7 Å². The molecule has 0 atom stereocenters. The van der Waals surface area contributed by atoms with Crippen LogP contribution in [0.5, 0.6) is 5.75 Å². The third-order valence-corrected chi connectivity index (χ3v) is 6.40. The van der Waals surface area contributed by atoms with E-state index in [2.05, 4.69) is 37.8 Å². The van der Waals surface area contributed by atoms with Crippen molar-refractivity contribution in [2.45, 2.75) is 51.9 Å². The highest BCUT2D eigenvalue weighted by Gasteiger charge is 2.35. The molecule has 0 unspecified atom stereocenters. The molecule has 0 saturated carbocycles. The van der Waals surface area contributed by atoms with Crippen LogP contribution in [0.1, 0.15) is 60.2 Å². The zero-order chi connectivity index (χ0) is 18.7. The molecule has 136 valence electrons. The van der Waals surface area contributed by atoms with Crippen LogP contribution in [-0.4, -0.2) is 17.7 Å². The van der Waals surface area contributed by atoms with Crippen LogP contribution in [0.4, 0.5) is 0 Å². The van der Waals surface area contributed by atoms with Crippen LogP contribution in [0.25, 0.3) is 0 Å². The van der Waals surface area contributed by atoms with Gasteiger partial charge in [0.2, 0.25) is 0 Å². The fourth-order valence-electron chi connectivity index (χ4n) is 3.69. The first-order valence-corrected chi connectivity index (χ1v) is 9.95. The van der Waals surface area contributed by atoms with Gasteiger partial charge in [-0.05, 0) is 55.3 Å². The Morgan fingerprint density at radius 3 is 2.69 bits per heavy atom. The number of carboxylic acids is 1. The average molecular weight is 368 g/mol. The van der Waals surface area contributed by atoms with Gasteiger partial charge in [0.1, 0.15) is 5.75 Å². The second-order valence-electron chi connectivity index (χ2n) is 6.83. The molecule has 0 bridgehead atoms. The maximum Gasteiger partial charge on any atom is 0.308 e. The zero-order valence-corrected chi connectivity index (χ0v) is 16.3. The van der Waals surface area contributed by atoms with Crippen LogP contribution >= 0.6 is 11.3 Å². The second kappa shape index (κ2) is 7.55. The fraction of sp³-hybridized carbons (Fsp3) is 0.409. The summed E-state index contributed by atoms with van der Waals surface area (Å²) in [6, 6.07) is 6.19. The Morgan fingerprint density at radius 2 is 2.00 bits per heavy atom. The highest BCUT2D eigenvalue weighted by molar-refractivity contribution is 7.10. The van der Waals surface area contributed by atoms with Gasteiger partial charge in [0, 0.05) is 27.0 Å². The molecule has 0 aliphatic carbocycles. The van der Waals surface area contributed by atoms with Gasteiger partial charge in [-0.15, -0.1) is 11.3 Å². The number of aliphatic carboxylic acids is 1. The summed E-state index contributed by atoms with van der Waals surface area (Å²) in [5, 5.41) is 10.9. The van der Waals surface area contributed by atoms with E-state index in [4.69, 9.17) is 9.84 Å². The monoisotopic (exact) mass is 368 g/mol. The van der Waals surface area contributed by atoms with Gasteiger partial charge in [-0.2, -0.15) is 0 Å². The summed E-state index contributed by atoms with van der Waals surface area (Å²) >= 11 is 1.44. The Labute approximate surface area is 159 Å². The highest BCUT2D eigenvalue weighted by atomic mass is 32.1. The summed E-state index contributed by atoms with van der Waals surface area (Å²) in [4.78, 5) is 11.8. The quantitative estimate of drug-likeness (QED) is 0.779. The minimum absolute atomic E-state index is 0.0213. The standard InChI is InChI=1S/C22H24O3S/c1-4-22(5-2)9-10-25-19-12-15(3)17(13-18(19)22)7-6-16-8-11-26-20(16)14-21(23)24/h8,11-13H,4-5,9-10,14H2,1-3H3,(H,23,24). The predicted molar refractivity (Wildman–Crippen MR) is 105 cm³/mol. The number of benzene rings is 1. The van der Waals surface area contributed by atoms with Crippen LogP contribution in [0.2, 0.25) is 0 Å². The van der Waals surface area contributed by atoms with Crippen molar-refractivity contribution in [2.24, 2.45) is 0 Å². The van der Waals surface area contributed by atoms with E-state index in [1.165, 1.54) is 16.9 Å². The van der Waals surface area contributed by atoms with Crippen molar-refractivity contribution < 1.29 is 14.6 Å². The maximum atomic E-state index is 11.0. The Morgan fingerprint density at radius 1 is 1.27 bits per heavy atom. The van der Waals surface area contributed by atoms with Crippen LogP contribution < -0.4 is 4.74 Å². The second-order valence-corrected chi connectivity index (χ2v) is 7.83. The summed E-state index contributed by atoms with van der Waals surface area (Å²) in [7, 11) is 0. The number of hydrogen-bond acceptors (Lipinski definition) is 3. The summed E-state index contributed by atoms with van der Waals surface area (Å²) in [6.45, 7) is 7.31. The first-order valence-electron chi connectivity index (χ1n) is 9.07. The van der Waals surface area contributed by atoms with E-state index in [1.54, 1.807) is 0 Å². The lowest BCUT2D eigenvalue weighted by Gasteiger charge is -2.38. The van der Waals surface area contributed by atoms with Crippen LogP contribution in [0.15, 0.2) is 23.6 Å². The molecule has 0 saturated heterocycles. The zero-order valence-electron chi connectivity index (χ0n) is 15.5. The normalized spacial score (nSPS) is 14.7. The van der Waals surface area contributed by atoms with Crippen molar-refractivity contribution in [1.82, 2.24) is 0 Å². The molecular weight excluding hydrogens is 344 g/mol. The number of carboxylic acid groups (broad SMARTS) is 1. The molecule has 4 heteroatoms. The molecule has 0 spiro atoms. The van der Waals surface area contributed by atoms with Gasteiger partial charge in [0.05, 0.1) is 13.0 Å². The molecule has 1 N–H and O–H groups in total. The third-order valence-electron chi connectivity index (χ3n) is 5.48. The molecule has 2 aromatic rings. The van der Waals surface area contributed by atoms with E-state index in [-0.39, 0.29) is 11.8 Å². The SMILES string of the molecule is CCC1(CC)CCOc2cc(C)c(C#Cc3ccsc3CC(=O)O)cc21. The fourth-order valence-corrected chi connectivity index (χ4v) is 4.51. The number of aryl methyl sites for hydroxylation is 1. The van der Waals surface area contributed by atoms with E-state index in [9.17, 15) is 4.79 Å². The number of thiophene rings is 1. The minimum Gasteiger partial charge on any atom is -0.493 e. The van der Waals surface area contributed by atoms with Crippen LogP contribution in [0.3, 0.4) is 0 Å². The summed E-state index contributed by atoms with van der Waals surface area (Å²) in [6.07, 6.45) is 3.23. The number of ether oxygens (including phenoxy) is 1. The Kier molecular flexibility index (Phi) is 5.38. The number of rotatable bonds is 4. The van der Waals surface area contributed by atoms with Gasteiger partial charge in [-0.3, -0.25) is 4.79 Å². The molecule has 2 heterocycles. The lowest BCUT2D eigenvalue weighted by Crippen LogP contribution is -2.32. The largest absolute Gasteiger partial charge is 0.493 e. The lowest BCUT2D eigenvalue weighted by atomic mass is 9.71. The molecule has 0 amide bonds. The average Bonchev–Trinajstić information content (AvgIpc) is 3.05. The molecule has 0 radical (unpaired) electrons. The van der Waals surface area contributed by atoms with Gasteiger partial charge in [-0.25, -0.2) is 0 Å². The Hall–Kier alpha value is -2.25. The van der Waals surface area contributed by atoms with E-state index in [0.29, 0.717) is 0 Å². The van der Waals surface area contributed by atoms with E-state index in [0.717, 1.165) is 53.2 Å². The van der Waals surface area contributed by atoms with Gasteiger partial charge < -0.3 is 9.84 Å². The van der Waals surface area contributed by atoms with Gasteiger partial charge >= 0.3 is 5.97 Å². The molecule has 1 aliphatic heterocycles. The molecule has 1 aromatic heterocycles. The van der Waals surface area contributed by atoms with E-state index < -0.39 is 5.97 Å². The molecule has 26 heavy (non-hydrogen) atoms. The molecule has 0 fully saturated rings. The minimum atomic E-state index is -0.826. The first-order chi connectivity index (χ1) is 12.5. The highest BCUT2D eigenvalue weighted by Crippen LogP contribution is 2.44. The maximum absolute atomic E-state index is 11.0. The number of hydrogen-bond donors (Lipinski definition) is 1. The van der Waals surface area contributed by atoms with E-state index in [1.807, 2.05) is 18.4 Å². The lowest BCUT2D eigenvalue weighted by molar-refractivity contribution is -0.136. The van der Waals surface area contributed by atoms with Gasteiger partial charge in [-0.1, -0.05) is 25.7 Å². The van der Waals surface area contributed by atoms with Crippen LogP contribution in [0, 0.1) is 18.8 Å². The number of fused-ring (bicyclic) bond motifs is 1. The summed E-state index contributed by atoms with van der Waals surface area (Å²) < 4.78 is 5.92. The molecular formula is C22H24O3S. The smallest absolute Gasteiger partial charge is 0.308 e. The number of carbonyl (C=O) groups is 1. The van der Waals surface area contributed by atoms with Crippen molar-refractivity contribution in [2.75, 3.05) is 6.61 Å².